The van der Waals surface area contributed by atoms with E-state index in [9.17, 15) is 9.90 Å². The summed E-state index contributed by atoms with van der Waals surface area (Å²) in [6, 6.07) is 5.73. The van der Waals surface area contributed by atoms with Gasteiger partial charge in [0, 0.05) is 0 Å². The van der Waals surface area contributed by atoms with Crippen molar-refractivity contribution in [2.45, 2.75) is 38.7 Å². The second kappa shape index (κ2) is 6.09. The lowest BCUT2D eigenvalue weighted by Crippen LogP contribution is -2.17. The zero-order valence-electron chi connectivity index (χ0n) is 12.0. The van der Waals surface area contributed by atoms with Gasteiger partial charge >= 0.3 is 0 Å². The van der Waals surface area contributed by atoms with Gasteiger partial charge in [-0.15, -0.1) is 0 Å². The summed E-state index contributed by atoms with van der Waals surface area (Å²) in [5.41, 5.74) is 1.09. The molecular formula is C16H21NO3. The molecule has 108 valence electrons. The van der Waals surface area contributed by atoms with Gasteiger partial charge in [-0.05, 0) is 44.4 Å². The van der Waals surface area contributed by atoms with E-state index in [4.69, 9.17) is 4.74 Å². The van der Waals surface area contributed by atoms with Gasteiger partial charge in [-0.3, -0.25) is 4.79 Å². The number of hydrogen-bond donors (Lipinski definition) is 2. The number of carbonyl (C=O) groups excluding carboxylic acids is 1. The van der Waals surface area contributed by atoms with Crippen molar-refractivity contribution in [3.05, 3.63) is 29.8 Å². The number of allylic oxidation sites excluding steroid dienone is 1. The Morgan fingerprint density at radius 1 is 1.45 bits per heavy atom. The summed E-state index contributed by atoms with van der Waals surface area (Å²) in [4.78, 5) is 11.5. The van der Waals surface area contributed by atoms with Crippen LogP contribution < -0.4 is 10.1 Å². The molecule has 1 heterocycles. The molecule has 1 aromatic rings. The first-order valence-corrected chi connectivity index (χ1v) is 6.90. The van der Waals surface area contributed by atoms with Gasteiger partial charge in [0.15, 0.2) is 0 Å². The molecule has 1 aliphatic heterocycles. The minimum absolute atomic E-state index is 0.0214. The number of anilines is 1. The van der Waals surface area contributed by atoms with E-state index in [0.29, 0.717) is 25.2 Å². The third-order valence-corrected chi connectivity index (χ3v) is 3.10. The van der Waals surface area contributed by atoms with Crippen molar-refractivity contribution in [1.82, 2.24) is 0 Å². The molecule has 4 heteroatoms. The topological polar surface area (TPSA) is 58.6 Å². The number of amides is 1. The molecule has 1 aromatic carbocycles. The van der Waals surface area contributed by atoms with Gasteiger partial charge in [0.1, 0.15) is 5.75 Å². The molecule has 1 amide bonds. The molecule has 0 unspecified atom stereocenters. The van der Waals surface area contributed by atoms with Crippen LogP contribution in [0.4, 0.5) is 5.69 Å². The number of ether oxygens (including phenoxy) is 1. The number of fused-ring (bicyclic) bond motifs is 1. The predicted octanol–water partition coefficient (Wildman–Crippen LogP) is 2.97. The van der Waals surface area contributed by atoms with Crippen LogP contribution >= 0.6 is 0 Å². The Balaban J connectivity index is 2.03. The molecule has 1 aliphatic rings. The number of benzene rings is 1. The number of aliphatic hydroxyl groups is 1. The number of nitrogens with one attached hydrogen (secondary N) is 1. The highest BCUT2D eigenvalue weighted by Gasteiger charge is 2.13. The van der Waals surface area contributed by atoms with E-state index < -0.39 is 5.60 Å². The summed E-state index contributed by atoms with van der Waals surface area (Å²) in [6.45, 7) is 4.02. The minimum Gasteiger partial charge on any atom is -0.491 e. The van der Waals surface area contributed by atoms with E-state index in [2.05, 4.69) is 5.32 Å². The molecule has 4 nitrogen and oxygen atoms in total. The van der Waals surface area contributed by atoms with Gasteiger partial charge in [0.25, 0.3) is 0 Å². The van der Waals surface area contributed by atoms with E-state index in [1.165, 1.54) is 0 Å². The minimum atomic E-state index is -0.639. The van der Waals surface area contributed by atoms with Crippen molar-refractivity contribution in [1.29, 1.82) is 0 Å². The van der Waals surface area contributed by atoms with E-state index >= 15 is 0 Å². The summed E-state index contributed by atoms with van der Waals surface area (Å²) in [6.07, 6.45) is 5.92. The second-order valence-corrected chi connectivity index (χ2v) is 5.66. The normalized spacial score (nSPS) is 15.4. The summed E-state index contributed by atoms with van der Waals surface area (Å²) >= 11 is 0. The molecule has 0 bridgehead atoms. The molecule has 0 aliphatic carbocycles. The van der Waals surface area contributed by atoms with Gasteiger partial charge < -0.3 is 15.2 Å². The lowest BCUT2D eigenvalue weighted by molar-refractivity contribution is -0.116. The van der Waals surface area contributed by atoms with E-state index in [1.807, 2.05) is 30.4 Å². The van der Waals surface area contributed by atoms with Crippen LogP contribution in [0.25, 0.3) is 6.08 Å². The van der Waals surface area contributed by atoms with Crippen LogP contribution in [0.5, 0.6) is 5.75 Å². The number of rotatable bonds is 4. The van der Waals surface area contributed by atoms with Crippen molar-refractivity contribution in [2.24, 2.45) is 0 Å². The highest BCUT2D eigenvalue weighted by atomic mass is 16.5. The first-order valence-electron chi connectivity index (χ1n) is 6.90. The van der Waals surface area contributed by atoms with Crippen LogP contribution in [0.1, 0.15) is 38.7 Å². The Hall–Kier alpha value is -1.81. The molecule has 0 atom stereocenters. The van der Waals surface area contributed by atoms with Crippen LogP contribution in [0.15, 0.2) is 24.3 Å². The molecule has 0 saturated carbocycles. The van der Waals surface area contributed by atoms with Crippen molar-refractivity contribution in [3.63, 3.8) is 0 Å². The predicted molar refractivity (Wildman–Crippen MR) is 79.7 cm³/mol. The zero-order chi connectivity index (χ0) is 14.6. The average molecular weight is 275 g/mol. The summed E-state index contributed by atoms with van der Waals surface area (Å²) in [5.74, 6) is 0.691. The van der Waals surface area contributed by atoms with E-state index in [-0.39, 0.29) is 5.91 Å². The van der Waals surface area contributed by atoms with Gasteiger partial charge in [-0.2, -0.15) is 0 Å². The molecule has 0 radical (unpaired) electrons. The highest BCUT2D eigenvalue weighted by Crippen LogP contribution is 2.28. The van der Waals surface area contributed by atoms with Crippen molar-refractivity contribution >= 4 is 17.7 Å². The van der Waals surface area contributed by atoms with Crippen LogP contribution in [-0.2, 0) is 4.79 Å². The largest absolute Gasteiger partial charge is 0.491 e. The van der Waals surface area contributed by atoms with Crippen molar-refractivity contribution in [3.8, 4) is 5.75 Å². The van der Waals surface area contributed by atoms with Crippen LogP contribution in [-0.4, -0.2) is 23.2 Å². The lowest BCUT2D eigenvalue weighted by Gasteiger charge is -2.14. The fourth-order valence-corrected chi connectivity index (χ4v) is 2.00. The van der Waals surface area contributed by atoms with Gasteiger partial charge in [0.05, 0.1) is 24.3 Å². The quantitative estimate of drug-likeness (QED) is 0.888. The highest BCUT2D eigenvalue weighted by molar-refractivity contribution is 5.93. The maximum atomic E-state index is 11.5. The fourth-order valence-electron chi connectivity index (χ4n) is 2.00. The Kier molecular flexibility index (Phi) is 4.45. The van der Waals surface area contributed by atoms with E-state index in [0.717, 1.165) is 17.7 Å². The molecule has 20 heavy (non-hydrogen) atoms. The van der Waals surface area contributed by atoms with Gasteiger partial charge in [-0.1, -0.05) is 18.2 Å². The molecule has 0 aromatic heterocycles. The lowest BCUT2D eigenvalue weighted by atomic mass is 10.0. The molecule has 2 rings (SSSR count). The monoisotopic (exact) mass is 275 g/mol. The zero-order valence-corrected chi connectivity index (χ0v) is 12.0. The summed E-state index contributed by atoms with van der Waals surface area (Å²) < 4.78 is 5.50. The molecule has 2 N–H and O–H groups in total. The maximum absolute atomic E-state index is 11.5. The first kappa shape index (κ1) is 14.6. The Morgan fingerprint density at radius 3 is 3.00 bits per heavy atom. The smallest absolute Gasteiger partial charge is 0.227 e. The number of carbonyl (C=O) groups is 1. The van der Waals surface area contributed by atoms with Crippen molar-refractivity contribution in [2.75, 3.05) is 11.9 Å². The van der Waals surface area contributed by atoms with Gasteiger partial charge in [-0.25, -0.2) is 0 Å². The standard InChI is InChI=1S/C16H21NO3/c1-16(2,19)9-4-3-5-12-6-7-14-13(11-12)17-15(18)8-10-20-14/h3,5-7,11,19H,4,8-10H2,1-2H3,(H,17,18)/b5-3+. The number of hydrogen-bond acceptors (Lipinski definition) is 3. The molecular weight excluding hydrogens is 254 g/mol. The maximum Gasteiger partial charge on any atom is 0.227 e. The molecule has 0 saturated heterocycles. The Morgan fingerprint density at radius 2 is 2.25 bits per heavy atom. The van der Waals surface area contributed by atoms with Crippen LogP contribution in [0.3, 0.4) is 0 Å². The third kappa shape index (κ3) is 4.38. The first-order chi connectivity index (χ1) is 9.44. The van der Waals surface area contributed by atoms with E-state index in [1.54, 1.807) is 13.8 Å². The third-order valence-electron chi connectivity index (χ3n) is 3.10. The second-order valence-electron chi connectivity index (χ2n) is 5.66. The molecule has 0 fully saturated rings. The Bertz CT molecular complexity index is 515. The van der Waals surface area contributed by atoms with Gasteiger partial charge in [0.2, 0.25) is 5.91 Å². The SMILES string of the molecule is CC(C)(O)CC/C=C/c1ccc2c(c1)NC(=O)CCO2. The Labute approximate surface area is 119 Å². The molecule has 0 spiro atoms. The summed E-state index contributed by atoms with van der Waals surface area (Å²) in [5, 5.41) is 12.5. The average Bonchev–Trinajstić information content (AvgIpc) is 2.53. The van der Waals surface area contributed by atoms with Crippen molar-refractivity contribution < 1.29 is 14.6 Å². The van der Waals surface area contributed by atoms with Crippen LogP contribution in [0, 0.1) is 0 Å². The summed E-state index contributed by atoms with van der Waals surface area (Å²) in [7, 11) is 0. The van der Waals surface area contributed by atoms with Crippen LogP contribution in [0.2, 0.25) is 0 Å². The fraction of sp³-hybridized carbons (Fsp3) is 0.438.